The normalized spacial score (nSPS) is 17.7. The van der Waals surface area contributed by atoms with Crippen molar-refractivity contribution in [1.29, 1.82) is 0 Å². The van der Waals surface area contributed by atoms with E-state index < -0.39 is 0 Å². The first kappa shape index (κ1) is 20.5. The van der Waals surface area contributed by atoms with Crippen molar-refractivity contribution in [3.05, 3.63) is 58.1 Å². The van der Waals surface area contributed by atoms with Crippen molar-refractivity contribution in [3.63, 3.8) is 0 Å². The van der Waals surface area contributed by atoms with Gasteiger partial charge in [0, 0.05) is 22.6 Å². The molecule has 0 bridgehead atoms. The van der Waals surface area contributed by atoms with E-state index in [1.165, 1.54) is 25.8 Å². The van der Waals surface area contributed by atoms with Crippen molar-refractivity contribution in [2.75, 3.05) is 19.7 Å². The second-order valence-corrected chi connectivity index (χ2v) is 8.71. The maximum absolute atomic E-state index is 6.24. The van der Waals surface area contributed by atoms with Gasteiger partial charge in [0.2, 0.25) is 5.88 Å². The highest BCUT2D eigenvalue weighted by Gasteiger charge is 2.18. The Morgan fingerprint density at radius 3 is 2.66 bits per heavy atom. The molecule has 1 aliphatic rings. The molecular weight excluding hydrogens is 405 g/mol. The molecule has 1 fully saturated rings. The van der Waals surface area contributed by atoms with Crippen molar-refractivity contribution in [2.24, 2.45) is 0 Å². The van der Waals surface area contributed by atoms with Gasteiger partial charge >= 0.3 is 0 Å². The molecule has 0 spiro atoms. The van der Waals surface area contributed by atoms with E-state index in [-0.39, 0.29) is 0 Å². The predicted molar refractivity (Wildman–Crippen MR) is 120 cm³/mol. The zero-order valence-corrected chi connectivity index (χ0v) is 18.3. The fourth-order valence-electron chi connectivity index (χ4n) is 4.04. The zero-order valence-electron chi connectivity index (χ0n) is 16.8. The molecule has 4 rings (SSSR count). The highest BCUT2D eigenvalue weighted by molar-refractivity contribution is 6.31. The van der Waals surface area contributed by atoms with Crippen LogP contribution in [-0.4, -0.2) is 40.4 Å². The van der Waals surface area contributed by atoms with E-state index in [0.717, 1.165) is 34.5 Å². The molecule has 1 unspecified atom stereocenters. The molecule has 154 valence electrons. The molecule has 0 radical (unpaired) electrons. The minimum atomic E-state index is 0.656. The zero-order chi connectivity index (χ0) is 20.2. The van der Waals surface area contributed by atoms with Gasteiger partial charge in [0.05, 0.1) is 24.1 Å². The first-order valence-electron chi connectivity index (χ1n) is 10.4. The van der Waals surface area contributed by atoms with Gasteiger partial charge in [-0.1, -0.05) is 41.8 Å². The smallest absolute Gasteiger partial charge is 0.240 e. The molecule has 2 heterocycles. The van der Waals surface area contributed by atoms with E-state index in [9.17, 15) is 0 Å². The average Bonchev–Trinajstić information content (AvgIpc) is 3.05. The SMILES string of the molecule is CC1CCCCN1CCCOc1nn(Cc2ccc(Cl)cc2)c2ccc(Cl)cc12. The van der Waals surface area contributed by atoms with Crippen LogP contribution in [0.4, 0.5) is 0 Å². The number of hydrogen-bond donors (Lipinski definition) is 0. The summed E-state index contributed by atoms with van der Waals surface area (Å²) in [4.78, 5) is 2.57. The van der Waals surface area contributed by atoms with Gasteiger partial charge < -0.3 is 9.64 Å². The highest BCUT2D eigenvalue weighted by Crippen LogP contribution is 2.29. The minimum Gasteiger partial charge on any atom is -0.476 e. The van der Waals surface area contributed by atoms with Gasteiger partial charge in [-0.05, 0) is 68.6 Å². The minimum absolute atomic E-state index is 0.656. The van der Waals surface area contributed by atoms with E-state index in [4.69, 9.17) is 33.0 Å². The Kier molecular flexibility index (Phi) is 6.63. The molecule has 29 heavy (non-hydrogen) atoms. The van der Waals surface area contributed by atoms with Gasteiger partial charge in [-0.25, -0.2) is 0 Å². The molecule has 0 aliphatic carbocycles. The molecule has 1 atom stereocenters. The quantitative estimate of drug-likeness (QED) is 0.427. The lowest BCUT2D eigenvalue weighted by Gasteiger charge is -2.33. The second-order valence-electron chi connectivity index (χ2n) is 7.83. The first-order valence-corrected chi connectivity index (χ1v) is 11.1. The van der Waals surface area contributed by atoms with Crippen LogP contribution in [0.2, 0.25) is 10.0 Å². The molecule has 1 saturated heterocycles. The molecule has 6 heteroatoms. The number of ether oxygens (including phenoxy) is 1. The van der Waals surface area contributed by atoms with Crippen molar-refractivity contribution in [1.82, 2.24) is 14.7 Å². The average molecular weight is 432 g/mol. The lowest BCUT2D eigenvalue weighted by molar-refractivity contribution is 0.148. The van der Waals surface area contributed by atoms with Gasteiger partial charge in [-0.2, -0.15) is 0 Å². The Morgan fingerprint density at radius 1 is 1.07 bits per heavy atom. The summed E-state index contributed by atoms with van der Waals surface area (Å²) in [6.07, 6.45) is 4.96. The summed E-state index contributed by atoms with van der Waals surface area (Å²) in [6.45, 7) is 5.92. The number of benzene rings is 2. The summed E-state index contributed by atoms with van der Waals surface area (Å²) in [5.41, 5.74) is 2.16. The summed E-state index contributed by atoms with van der Waals surface area (Å²) in [5.74, 6) is 0.656. The monoisotopic (exact) mass is 431 g/mol. The summed E-state index contributed by atoms with van der Waals surface area (Å²) < 4.78 is 8.07. The Morgan fingerprint density at radius 2 is 1.86 bits per heavy atom. The molecule has 0 saturated carbocycles. The lowest BCUT2D eigenvalue weighted by atomic mass is 10.0. The maximum atomic E-state index is 6.24. The van der Waals surface area contributed by atoms with E-state index >= 15 is 0 Å². The lowest BCUT2D eigenvalue weighted by Crippen LogP contribution is -2.38. The van der Waals surface area contributed by atoms with Crippen molar-refractivity contribution in [3.8, 4) is 5.88 Å². The first-order chi connectivity index (χ1) is 14.1. The van der Waals surface area contributed by atoms with Crippen LogP contribution in [0.1, 0.15) is 38.2 Å². The van der Waals surface area contributed by atoms with Crippen LogP contribution in [0.3, 0.4) is 0 Å². The van der Waals surface area contributed by atoms with Crippen molar-refractivity contribution < 1.29 is 4.74 Å². The van der Waals surface area contributed by atoms with Gasteiger partial charge in [-0.15, -0.1) is 5.10 Å². The highest BCUT2D eigenvalue weighted by atomic mass is 35.5. The molecule has 1 aromatic heterocycles. The molecule has 4 nitrogen and oxygen atoms in total. The Balaban J connectivity index is 1.45. The summed E-state index contributed by atoms with van der Waals surface area (Å²) in [7, 11) is 0. The molecular formula is C23H27Cl2N3O. The van der Waals surface area contributed by atoms with E-state index in [0.29, 0.717) is 30.1 Å². The van der Waals surface area contributed by atoms with Crippen LogP contribution in [-0.2, 0) is 6.54 Å². The molecule has 1 aliphatic heterocycles. The van der Waals surface area contributed by atoms with E-state index in [1.807, 2.05) is 47.1 Å². The Labute approximate surface area is 182 Å². The van der Waals surface area contributed by atoms with E-state index in [1.54, 1.807) is 0 Å². The van der Waals surface area contributed by atoms with Gasteiger partial charge in [-0.3, -0.25) is 4.68 Å². The largest absolute Gasteiger partial charge is 0.476 e. The maximum Gasteiger partial charge on any atom is 0.240 e. The summed E-state index contributed by atoms with van der Waals surface area (Å²) in [5, 5.41) is 7.12. The molecule has 0 N–H and O–H groups in total. The van der Waals surface area contributed by atoms with Gasteiger partial charge in [0.25, 0.3) is 0 Å². The third-order valence-corrected chi connectivity index (χ3v) is 6.18. The summed E-state index contributed by atoms with van der Waals surface area (Å²) >= 11 is 12.2. The molecule has 2 aromatic carbocycles. The Hall–Kier alpha value is -1.75. The number of rotatable bonds is 7. The summed E-state index contributed by atoms with van der Waals surface area (Å²) in [6, 6.07) is 14.4. The van der Waals surface area contributed by atoms with Crippen LogP contribution < -0.4 is 4.74 Å². The third kappa shape index (κ3) is 5.06. The number of likely N-dealkylation sites (tertiary alicyclic amines) is 1. The number of aromatic nitrogens is 2. The van der Waals surface area contributed by atoms with Crippen LogP contribution in [0, 0.1) is 0 Å². The number of hydrogen-bond acceptors (Lipinski definition) is 3. The second kappa shape index (κ2) is 9.38. The topological polar surface area (TPSA) is 30.3 Å². The third-order valence-electron chi connectivity index (χ3n) is 5.69. The standard InChI is InChI=1S/C23H27Cl2N3O/c1-17-5-2-3-12-27(17)13-4-14-29-23-21-15-20(25)10-11-22(21)28(26-23)16-18-6-8-19(24)9-7-18/h6-11,15,17H,2-5,12-14,16H2,1H3. The van der Waals surface area contributed by atoms with Gasteiger partial charge in [0.15, 0.2) is 0 Å². The molecule has 0 amide bonds. The number of nitrogens with zero attached hydrogens (tertiary/aromatic N) is 3. The van der Waals surface area contributed by atoms with Crippen molar-refractivity contribution >= 4 is 34.1 Å². The fraction of sp³-hybridized carbons (Fsp3) is 0.435. The number of fused-ring (bicyclic) bond motifs is 1. The Bertz CT molecular complexity index is 955. The predicted octanol–water partition coefficient (Wildman–Crippen LogP) is 6.03. The van der Waals surface area contributed by atoms with Crippen molar-refractivity contribution in [2.45, 2.75) is 45.2 Å². The van der Waals surface area contributed by atoms with Crippen LogP contribution >= 0.6 is 23.2 Å². The van der Waals surface area contributed by atoms with Crippen LogP contribution in [0.15, 0.2) is 42.5 Å². The van der Waals surface area contributed by atoms with Crippen LogP contribution in [0.5, 0.6) is 5.88 Å². The van der Waals surface area contributed by atoms with Gasteiger partial charge in [0.1, 0.15) is 0 Å². The number of halogens is 2. The van der Waals surface area contributed by atoms with Crippen LogP contribution in [0.25, 0.3) is 10.9 Å². The molecule has 3 aromatic rings. The number of piperidine rings is 1. The fourth-order valence-corrected chi connectivity index (χ4v) is 4.34. The van der Waals surface area contributed by atoms with E-state index in [2.05, 4.69) is 11.8 Å².